The van der Waals surface area contributed by atoms with Crippen LogP contribution in [0.4, 0.5) is 10.2 Å². The highest BCUT2D eigenvalue weighted by Gasteiger charge is 2.31. The number of anilines is 1. The quantitative estimate of drug-likeness (QED) is 0.248. The molecule has 1 aliphatic heterocycles. The average molecular weight is 493 g/mol. The Bertz CT molecular complexity index is 847. The number of halogens is 1. The number of aryl methyl sites for hydroxylation is 1. The van der Waals surface area contributed by atoms with E-state index in [9.17, 15) is 14.8 Å². The van der Waals surface area contributed by atoms with Crippen LogP contribution in [0.1, 0.15) is 70.3 Å². The van der Waals surface area contributed by atoms with Crippen molar-refractivity contribution in [2.75, 3.05) is 37.6 Å². The summed E-state index contributed by atoms with van der Waals surface area (Å²) >= 11 is 0. The van der Waals surface area contributed by atoms with Crippen molar-refractivity contribution in [3.8, 4) is 0 Å². The van der Waals surface area contributed by atoms with Crippen molar-refractivity contribution in [1.82, 2.24) is 25.2 Å². The number of hydrogen-bond donors (Lipinski definition) is 2. The normalized spacial score (nSPS) is 19.4. The molecule has 35 heavy (non-hydrogen) atoms. The molecule has 0 bridgehead atoms. The van der Waals surface area contributed by atoms with Crippen molar-refractivity contribution in [1.29, 1.82) is 0 Å². The molecule has 1 saturated carbocycles. The largest absolute Gasteiger partial charge is 0.350 e. The Morgan fingerprint density at radius 3 is 2.60 bits per heavy atom. The van der Waals surface area contributed by atoms with E-state index in [1.54, 1.807) is 6.92 Å². The highest BCUT2D eigenvalue weighted by molar-refractivity contribution is 5.79. The van der Waals surface area contributed by atoms with Crippen LogP contribution in [0.5, 0.6) is 0 Å². The molecule has 10 heteroatoms. The van der Waals surface area contributed by atoms with Gasteiger partial charge in [-0.2, -0.15) is 0 Å². The number of likely N-dealkylation sites (N-methyl/N-ethyl adjacent to an activating group) is 1. The molecule has 0 aromatic carbocycles. The Kier molecular flexibility index (Phi) is 10.2. The van der Waals surface area contributed by atoms with Gasteiger partial charge in [-0.25, -0.2) is 19.4 Å². The number of rotatable bonds is 13. The zero-order valence-electron chi connectivity index (χ0n) is 21.4. The minimum atomic E-state index is -0.559. The van der Waals surface area contributed by atoms with Crippen LogP contribution in [0.3, 0.4) is 0 Å². The molecule has 0 radical (unpaired) electrons. The lowest BCUT2D eigenvalue weighted by Crippen LogP contribution is -2.41. The van der Waals surface area contributed by atoms with E-state index in [1.807, 2.05) is 4.90 Å². The van der Waals surface area contributed by atoms with Crippen LogP contribution in [0.25, 0.3) is 0 Å². The summed E-state index contributed by atoms with van der Waals surface area (Å²) in [6, 6.07) is 0.191. The molecule has 2 heterocycles. The predicted octanol–water partition coefficient (Wildman–Crippen LogP) is 2.90. The fraction of sp³-hybridized carbons (Fsp3) is 0.760. The van der Waals surface area contributed by atoms with Gasteiger partial charge >= 0.3 is 0 Å². The van der Waals surface area contributed by atoms with Crippen LogP contribution in [-0.4, -0.2) is 76.2 Å². The number of aromatic nitrogens is 2. The van der Waals surface area contributed by atoms with Gasteiger partial charge in [0.2, 0.25) is 12.3 Å². The van der Waals surface area contributed by atoms with E-state index < -0.39 is 11.7 Å². The first kappa shape index (κ1) is 27.3. The predicted molar refractivity (Wildman–Crippen MR) is 131 cm³/mol. The van der Waals surface area contributed by atoms with E-state index in [4.69, 9.17) is 0 Å². The van der Waals surface area contributed by atoms with Crippen LogP contribution < -0.4 is 10.2 Å². The number of nitrogens with zero attached hydrogens (tertiary/aromatic N) is 5. The topological polar surface area (TPSA) is 102 Å². The van der Waals surface area contributed by atoms with E-state index in [1.165, 1.54) is 0 Å². The molecular formula is C25H41FN6O3. The summed E-state index contributed by atoms with van der Waals surface area (Å²) in [6.07, 6.45) is 7.23. The Morgan fingerprint density at radius 2 is 1.94 bits per heavy atom. The fourth-order valence-corrected chi connectivity index (χ4v) is 5.49. The summed E-state index contributed by atoms with van der Waals surface area (Å²) < 4.78 is 15.6. The molecule has 9 nitrogen and oxygen atoms in total. The number of hydrogen-bond acceptors (Lipinski definition) is 7. The zero-order chi connectivity index (χ0) is 25.4. The number of hydroxylamine groups is 2. The number of nitrogens with one attached hydrogen (secondary N) is 1. The first-order valence-corrected chi connectivity index (χ1v) is 13.1. The van der Waals surface area contributed by atoms with E-state index in [0.717, 1.165) is 64.7 Å². The van der Waals surface area contributed by atoms with Gasteiger partial charge in [0.1, 0.15) is 11.5 Å². The van der Waals surface area contributed by atoms with E-state index >= 15 is 4.39 Å². The van der Waals surface area contributed by atoms with Gasteiger partial charge in [0, 0.05) is 19.1 Å². The summed E-state index contributed by atoms with van der Waals surface area (Å²) in [5, 5.41) is 13.0. The lowest BCUT2D eigenvalue weighted by molar-refractivity contribution is -0.155. The van der Waals surface area contributed by atoms with Crippen LogP contribution in [-0.2, 0) is 16.1 Å². The monoisotopic (exact) mass is 492 g/mol. The maximum atomic E-state index is 15.6. The highest BCUT2D eigenvalue weighted by atomic mass is 19.1. The summed E-state index contributed by atoms with van der Waals surface area (Å²) in [7, 11) is 0. The Hall–Kier alpha value is -2.33. The minimum Gasteiger partial charge on any atom is -0.350 e. The lowest BCUT2D eigenvalue weighted by Gasteiger charge is -2.31. The van der Waals surface area contributed by atoms with E-state index in [0.29, 0.717) is 35.5 Å². The average Bonchev–Trinajstić information content (AvgIpc) is 3.54. The molecule has 2 fully saturated rings. The van der Waals surface area contributed by atoms with Crippen molar-refractivity contribution in [2.45, 2.75) is 78.3 Å². The van der Waals surface area contributed by atoms with Crippen molar-refractivity contribution >= 4 is 18.1 Å². The van der Waals surface area contributed by atoms with Crippen LogP contribution in [0.15, 0.2) is 0 Å². The molecule has 2 atom stereocenters. The molecule has 196 valence electrons. The van der Waals surface area contributed by atoms with E-state index in [-0.39, 0.29) is 30.7 Å². The summed E-state index contributed by atoms with van der Waals surface area (Å²) in [6.45, 7) is 9.34. The second kappa shape index (κ2) is 13.1. The molecule has 2 N–H and O–H groups in total. The van der Waals surface area contributed by atoms with Gasteiger partial charge in [0.15, 0.2) is 11.6 Å². The zero-order valence-corrected chi connectivity index (χ0v) is 21.4. The van der Waals surface area contributed by atoms with Gasteiger partial charge < -0.3 is 15.1 Å². The molecule has 1 aliphatic carbocycles. The number of carbonyl (C=O) groups excluding carboxylic acids is 2. The Labute approximate surface area is 208 Å². The third kappa shape index (κ3) is 7.33. The molecule has 1 aromatic rings. The first-order chi connectivity index (χ1) is 16.9. The number of amides is 2. The molecule has 0 unspecified atom stereocenters. The van der Waals surface area contributed by atoms with Gasteiger partial charge in [-0.3, -0.25) is 14.8 Å². The third-order valence-electron chi connectivity index (χ3n) is 7.45. The van der Waals surface area contributed by atoms with Gasteiger partial charge in [0.25, 0.3) is 0 Å². The Morgan fingerprint density at radius 1 is 1.23 bits per heavy atom. The fourth-order valence-electron chi connectivity index (χ4n) is 5.49. The lowest BCUT2D eigenvalue weighted by atomic mass is 9.92. The molecule has 2 amide bonds. The van der Waals surface area contributed by atoms with Crippen LogP contribution >= 0.6 is 0 Å². The first-order valence-electron chi connectivity index (χ1n) is 13.1. The van der Waals surface area contributed by atoms with Gasteiger partial charge in [-0.1, -0.05) is 39.5 Å². The highest BCUT2D eigenvalue weighted by Crippen LogP contribution is 2.31. The second-order valence-electron chi connectivity index (χ2n) is 9.86. The van der Waals surface area contributed by atoms with Gasteiger partial charge in [0.05, 0.1) is 19.0 Å². The maximum absolute atomic E-state index is 15.6. The van der Waals surface area contributed by atoms with Crippen molar-refractivity contribution in [3.05, 3.63) is 17.3 Å². The molecule has 2 aliphatic rings. The van der Waals surface area contributed by atoms with Gasteiger partial charge in [-0.05, 0) is 45.2 Å². The SMILES string of the molecule is CCN(CC)C[C@@H]1CCCN1c1nc(C)nc(CNC(=O)[C@H](CC2CCCC2)CN(O)C=O)c1F. The Balaban J connectivity index is 1.71. The van der Waals surface area contributed by atoms with Gasteiger partial charge in [-0.15, -0.1) is 0 Å². The molecule has 0 spiro atoms. The van der Waals surface area contributed by atoms with Crippen molar-refractivity contribution in [3.63, 3.8) is 0 Å². The molecule has 3 rings (SSSR count). The minimum absolute atomic E-state index is 0.0662. The summed E-state index contributed by atoms with van der Waals surface area (Å²) in [4.78, 5) is 37.0. The van der Waals surface area contributed by atoms with E-state index in [2.05, 4.69) is 34.0 Å². The maximum Gasteiger partial charge on any atom is 0.233 e. The standard InChI is InChI=1S/C25H41FN6O3/c1-4-30(5-2)16-21-11-8-12-32(21)24-23(26)22(28-18(3)29-24)14-27-25(34)20(15-31(35)17-33)13-19-9-6-7-10-19/h17,19-21,35H,4-16H2,1-3H3,(H,27,34)/t20-,21+/m1/s1. The van der Waals surface area contributed by atoms with Crippen molar-refractivity contribution < 1.29 is 19.2 Å². The number of carbonyl (C=O) groups is 2. The van der Waals surface area contributed by atoms with Crippen molar-refractivity contribution in [2.24, 2.45) is 11.8 Å². The summed E-state index contributed by atoms with van der Waals surface area (Å²) in [5.41, 5.74) is 0.158. The molecule has 1 saturated heterocycles. The smallest absolute Gasteiger partial charge is 0.233 e. The summed E-state index contributed by atoms with van der Waals surface area (Å²) in [5.74, 6) is -0.198. The molecule has 1 aromatic heterocycles. The molecular weight excluding hydrogens is 451 g/mol. The third-order valence-corrected chi connectivity index (χ3v) is 7.45. The van der Waals surface area contributed by atoms with Crippen LogP contribution in [0.2, 0.25) is 0 Å². The van der Waals surface area contributed by atoms with Crippen LogP contribution in [0, 0.1) is 24.6 Å². The second-order valence-corrected chi connectivity index (χ2v) is 9.86.